The van der Waals surface area contributed by atoms with Gasteiger partial charge in [-0.1, -0.05) is 84.4 Å². The summed E-state index contributed by atoms with van der Waals surface area (Å²) in [6.07, 6.45) is 0. The fourth-order valence-corrected chi connectivity index (χ4v) is 6.32. The van der Waals surface area contributed by atoms with Crippen molar-refractivity contribution in [1.29, 1.82) is 0 Å². The molecule has 0 aliphatic carbocycles. The van der Waals surface area contributed by atoms with Crippen LogP contribution in [0, 0.1) is 6.92 Å². The van der Waals surface area contributed by atoms with Gasteiger partial charge in [0.2, 0.25) is 15.9 Å². The summed E-state index contributed by atoms with van der Waals surface area (Å²) in [5.41, 5.74) is 5.93. The third kappa shape index (κ3) is 7.52. The second kappa shape index (κ2) is 14.0. The number of likely N-dealkylation sites (N-methyl/N-ethyl adjacent to an activating group) is 1. The van der Waals surface area contributed by atoms with Gasteiger partial charge in [0.05, 0.1) is 18.0 Å². The molecule has 0 unspecified atom stereocenters. The van der Waals surface area contributed by atoms with Crippen LogP contribution in [0.4, 0.5) is 5.69 Å². The number of carbonyl (C=O) groups excluding carboxylic acids is 2. The van der Waals surface area contributed by atoms with Gasteiger partial charge in [0.25, 0.3) is 0 Å². The summed E-state index contributed by atoms with van der Waals surface area (Å²) in [6, 6.07) is 33.0. The molecule has 1 amide bonds. The van der Waals surface area contributed by atoms with Gasteiger partial charge < -0.3 is 15.1 Å². The van der Waals surface area contributed by atoms with E-state index in [0.29, 0.717) is 5.56 Å². The predicted octanol–water partition coefficient (Wildman–Crippen LogP) is 6.79. The first kappa shape index (κ1) is 33.8. The van der Waals surface area contributed by atoms with Crippen molar-refractivity contribution in [3.63, 3.8) is 0 Å². The second-order valence-electron chi connectivity index (χ2n) is 11.5. The summed E-state index contributed by atoms with van der Waals surface area (Å²) < 4.78 is 27.4. The van der Waals surface area contributed by atoms with Crippen LogP contribution in [0.2, 0.25) is 0 Å². The van der Waals surface area contributed by atoms with Crippen LogP contribution in [0.25, 0.3) is 22.3 Å². The molecular weight excluding hydrogens is 628 g/mol. The molecule has 5 aromatic rings. The van der Waals surface area contributed by atoms with Crippen LogP contribution < -0.4 is 4.90 Å². The van der Waals surface area contributed by atoms with E-state index in [-0.39, 0.29) is 28.5 Å². The Morgan fingerprint density at radius 2 is 1.31 bits per heavy atom. The number of carbonyl (C=O) groups is 3. The number of hydrogen-bond donors (Lipinski definition) is 2. The van der Waals surface area contributed by atoms with Crippen LogP contribution in [-0.4, -0.2) is 54.2 Å². The highest BCUT2D eigenvalue weighted by Crippen LogP contribution is 2.29. The molecule has 0 aliphatic heterocycles. The minimum Gasteiger partial charge on any atom is -0.507 e. The standard InChI is InChI=1S/C38H34N2O7S/c1-25-7-18-34(19-8-25)48(46,47)39(3)24-37(43)40(33-17-20-35(38(44)45)36(42)22-33)23-27-9-11-28(12-10-27)29-13-15-30(16-14-29)32-6-4-5-31(21-32)26(2)41/h4-22,42H,23-24H2,1-3H3,(H,44,45). The zero-order valence-corrected chi connectivity index (χ0v) is 27.4. The normalized spacial score (nSPS) is 11.3. The first-order chi connectivity index (χ1) is 22.8. The Morgan fingerprint density at radius 1 is 0.729 bits per heavy atom. The number of Topliss-reactive ketones (excluding diaryl/α,β-unsaturated/α-hetero) is 1. The number of ketones is 1. The summed E-state index contributed by atoms with van der Waals surface area (Å²) in [4.78, 5) is 38.4. The van der Waals surface area contributed by atoms with Crippen LogP contribution in [0.15, 0.2) is 120 Å². The number of rotatable bonds is 11. The summed E-state index contributed by atoms with van der Waals surface area (Å²) in [5.74, 6) is -2.43. The average molecular weight is 663 g/mol. The zero-order valence-electron chi connectivity index (χ0n) is 26.6. The Hall–Kier alpha value is -5.58. The number of anilines is 1. The number of carboxylic acids is 1. The summed E-state index contributed by atoms with van der Waals surface area (Å²) in [6.45, 7) is 2.90. The molecule has 0 atom stereocenters. The number of aromatic hydroxyl groups is 1. The van der Waals surface area contributed by atoms with E-state index < -0.39 is 34.2 Å². The number of aryl methyl sites for hydroxylation is 1. The van der Waals surface area contributed by atoms with E-state index in [4.69, 9.17) is 0 Å². The quantitative estimate of drug-likeness (QED) is 0.149. The number of carboxylic acid groups (broad SMARTS) is 1. The third-order valence-corrected chi connectivity index (χ3v) is 9.84. The molecule has 244 valence electrons. The first-order valence-corrected chi connectivity index (χ1v) is 16.5. The lowest BCUT2D eigenvalue weighted by Gasteiger charge is -2.26. The number of hydrogen-bond acceptors (Lipinski definition) is 6. The van der Waals surface area contributed by atoms with Crippen LogP contribution in [-0.2, 0) is 21.4 Å². The Balaban J connectivity index is 1.38. The minimum atomic E-state index is -3.98. The summed E-state index contributed by atoms with van der Waals surface area (Å²) >= 11 is 0. The van der Waals surface area contributed by atoms with Crippen molar-refractivity contribution < 1.29 is 33.0 Å². The number of benzene rings is 5. The number of amides is 1. The Kier molecular flexibility index (Phi) is 9.88. The zero-order chi connectivity index (χ0) is 34.6. The molecule has 5 rings (SSSR count). The molecule has 0 saturated carbocycles. The van der Waals surface area contributed by atoms with Gasteiger partial charge in [-0.05, 0) is 72.0 Å². The molecule has 0 heterocycles. The van der Waals surface area contributed by atoms with Crippen LogP contribution in [0.1, 0.15) is 38.8 Å². The summed E-state index contributed by atoms with van der Waals surface area (Å²) in [5, 5.41) is 19.8. The lowest BCUT2D eigenvalue weighted by molar-refractivity contribution is -0.118. The number of sulfonamides is 1. The fourth-order valence-electron chi connectivity index (χ4n) is 5.20. The predicted molar refractivity (Wildman–Crippen MR) is 185 cm³/mol. The summed E-state index contributed by atoms with van der Waals surface area (Å²) in [7, 11) is -2.67. The van der Waals surface area contributed by atoms with Gasteiger partial charge in [-0.15, -0.1) is 0 Å². The van der Waals surface area contributed by atoms with Crippen molar-refractivity contribution in [3.8, 4) is 28.0 Å². The van der Waals surface area contributed by atoms with E-state index >= 15 is 0 Å². The number of nitrogens with zero attached hydrogens (tertiary/aromatic N) is 2. The van der Waals surface area contributed by atoms with Crippen LogP contribution in [0.3, 0.4) is 0 Å². The molecular formula is C38H34N2O7S. The van der Waals surface area contributed by atoms with Gasteiger partial charge >= 0.3 is 5.97 Å². The number of aromatic carboxylic acids is 1. The molecule has 0 fully saturated rings. The highest BCUT2D eigenvalue weighted by Gasteiger charge is 2.27. The van der Waals surface area contributed by atoms with E-state index in [2.05, 4.69) is 0 Å². The van der Waals surface area contributed by atoms with Gasteiger partial charge in [-0.3, -0.25) is 9.59 Å². The molecule has 0 aromatic heterocycles. The number of phenols is 1. The second-order valence-corrected chi connectivity index (χ2v) is 13.5. The van der Waals surface area contributed by atoms with Gasteiger partial charge in [0, 0.05) is 24.4 Å². The molecule has 2 N–H and O–H groups in total. The lowest BCUT2D eigenvalue weighted by Crippen LogP contribution is -2.41. The molecule has 48 heavy (non-hydrogen) atoms. The van der Waals surface area contributed by atoms with E-state index in [1.165, 1.54) is 49.2 Å². The Morgan fingerprint density at radius 3 is 1.88 bits per heavy atom. The Labute approximate surface area is 279 Å². The molecule has 5 aromatic carbocycles. The highest BCUT2D eigenvalue weighted by molar-refractivity contribution is 7.89. The van der Waals surface area contributed by atoms with Gasteiger partial charge in [-0.25, -0.2) is 13.2 Å². The van der Waals surface area contributed by atoms with Crippen LogP contribution >= 0.6 is 0 Å². The maximum Gasteiger partial charge on any atom is 0.339 e. The maximum atomic E-state index is 13.7. The molecule has 0 bridgehead atoms. The van der Waals surface area contributed by atoms with Gasteiger partial charge in [0.15, 0.2) is 5.78 Å². The van der Waals surface area contributed by atoms with E-state index in [9.17, 15) is 33.0 Å². The van der Waals surface area contributed by atoms with Crippen molar-refractivity contribution in [3.05, 3.63) is 138 Å². The first-order valence-electron chi connectivity index (χ1n) is 15.0. The van der Waals surface area contributed by atoms with Crippen molar-refractivity contribution in [1.82, 2.24) is 4.31 Å². The van der Waals surface area contributed by atoms with E-state index in [1.54, 1.807) is 18.2 Å². The minimum absolute atomic E-state index is 0.00204. The molecule has 0 spiro atoms. The third-order valence-electron chi connectivity index (χ3n) is 8.03. The van der Waals surface area contributed by atoms with Gasteiger partial charge in [0.1, 0.15) is 11.3 Å². The SMILES string of the molecule is CC(=O)c1cccc(-c2ccc(-c3ccc(CN(C(=O)CN(C)S(=O)(=O)c4ccc(C)cc4)c4ccc(C(=O)O)c(O)c4)cc3)cc2)c1. The van der Waals surface area contributed by atoms with Gasteiger partial charge in [-0.2, -0.15) is 4.31 Å². The molecule has 10 heteroatoms. The van der Waals surface area contributed by atoms with Crippen molar-refractivity contribution >= 4 is 33.4 Å². The molecule has 0 saturated heterocycles. The molecule has 0 radical (unpaired) electrons. The Bertz CT molecular complexity index is 2090. The largest absolute Gasteiger partial charge is 0.507 e. The lowest BCUT2D eigenvalue weighted by atomic mass is 9.98. The van der Waals surface area contributed by atoms with Crippen LogP contribution in [0.5, 0.6) is 5.75 Å². The maximum absolute atomic E-state index is 13.7. The van der Waals surface area contributed by atoms with E-state index in [1.807, 2.05) is 73.7 Å². The molecule has 9 nitrogen and oxygen atoms in total. The van der Waals surface area contributed by atoms with Crippen molar-refractivity contribution in [2.24, 2.45) is 0 Å². The van der Waals surface area contributed by atoms with Crippen molar-refractivity contribution in [2.75, 3.05) is 18.5 Å². The van der Waals surface area contributed by atoms with Crippen molar-refractivity contribution in [2.45, 2.75) is 25.3 Å². The smallest absolute Gasteiger partial charge is 0.339 e. The fraction of sp³-hybridized carbons (Fsp3) is 0.132. The highest BCUT2D eigenvalue weighted by atomic mass is 32.2. The van der Waals surface area contributed by atoms with E-state index in [0.717, 1.165) is 37.7 Å². The topological polar surface area (TPSA) is 132 Å². The monoisotopic (exact) mass is 662 g/mol. The molecule has 0 aliphatic rings. The average Bonchev–Trinajstić information content (AvgIpc) is 3.07.